The lowest BCUT2D eigenvalue weighted by Crippen LogP contribution is -2.38. The van der Waals surface area contributed by atoms with Crippen molar-refractivity contribution >= 4 is 22.4 Å². The van der Waals surface area contributed by atoms with Gasteiger partial charge in [0.05, 0.1) is 0 Å². The number of rotatable bonds is 4. The second-order valence-corrected chi connectivity index (χ2v) is 4.30. The fourth-order valence-corrected chi connectivity index (χ4v) is 1.89. The molecule has 1 aromatic heterocycles. The Labute approximate surface area is 93.3 Å². The van der Waals surface area contributed by atoms with Crippen LogP contribution in [0.2, 0.25) is 0 Å². The summed E-state index contributed by atoms with van der Waals surface area (Å²) in [6.45, 7) is 6.70. The first-order chi connectivity index (χ1) is 7.10. The van der Waals surface area contributed by atoms with Gasteiger partial charge >= 0.3 is 0 Å². The van der Waals surface area contributed by atoms with Crippen molar-refractivity contribution < 1.29 is 4.79 Å². The van der Waals surface area contributed by atoms with Crippen LogP contribution in [0.5, 0.6) is 0 Å². The van der Waals surface area contributed by atoms with Crippen molar-refractivity contribution in [2.24, 2.45) is 0 Å². The van der Waals surface area contributed by atoms with Gasteiger partial charge in [0.2, 0.25) is 10.1 Å². The SMILES string of the molecule is CCC(C)N(CC)C(=O)c1nnc(N)s1. The Bertz CT molecular complexity index is 339. The minimum atomic E-state index is -0.0824. The molecule has 1 unspecified atom stereocenters. The molecular weight excluding hydrogens is 212 g/mol. The average molecular weight is 228 g/mol. The lowest BCUT2D eigenvalue weighted by atomic mass is 10.2. The fourth-order valence-electron chi connectivity index (χ4n) is 1.32. The zero-order chi connectivity index (χ0) is 11.4. The maximum atomic E-state index is 12.0. The molecule has 15 heavy (non-hydrogen) atoms. The van der Waals surface area contributed by atoms with Crippen molar-refractivity contribution in [1.82, 2.24) is 15.1 Å². The van der Waals surface area contributed by atoms with Crippen LogP contribution in [0.1, 0.15) is 37.0 Å². The standard InChI is InChI=1S/C9H16N4OS/c1-4-6(3)13(5-2)8(14)7-11-12-9(10)15-7/h6H,4-5H2,1-3H3,(H2,10,12). The summed E-state index contributed by atoms with van der Waals surface area (Å²) in [5, 5.41) is 8.09. The molecule has 1 aromatic rings. The van der Waals surface area contributed by atoms with E-state index in [1.165, 1.54) is 0 Å². The third-order valence-electron chi connectivity index (χ3n) is 2.35. The molecule has 1 heterocycles. The molecule has 0 saturated heterocycles. The van der Waals surface area contributed by atoms with E-state index in [0.29, 0.717) is 16.7 Å². The highest BCUT2D eigenvalue weighted by atomic mass is 32.1. The topological polar surface area (TPSA) is 72.1 Å². The Kier molecular flexibility index (Phi) is 4.02. The Morgan fingerprint density at radius 2 is 2.20 bits per heavy atom. The Balaban J connectivity index is 2.82. The molecule has 6 heteroatoms. The third-order valence-corrected chi connectivity index (χ3v) is 3.09. The van der Waals surface area contributed by atoms with Crippen LogP contribution < -0.4 is 5.73 Å². The van der Waals surface area contributed by atoms with E-state index in [4.69, 9.17) is 5.73 Å². The van der Waals surface area contributed by atoms with Gasteiger partial charge in [-0.2, -0.15) is 0 Å². The van der Waals surface area contributed by atoms with Crippen molar-refractivity contribution in [1.29, 1.82) is 0 Å². The van der Waals surface area contributed by atoms with Crippen LogP contribution in [0.15, 0.2) is 0 Å². The van der Waals surface area contributed by atoms with Crippen LogP contribution in [0.4, 0.5) is 5.13 Å². The Morgan fingerprint density at radius 3 is 2.60 bits per heavy atom. The van der Waals surface area contributed by atoms with E-state index in [1.807, 2.05) is 13.8 Å². The van der Waals surface area contributed by atoms with Crippen LogP contribution in [0.25, 0.3) is 0 Å². The lowest BCUT2D eigenvalue weighted by Gasteiger charge is -2.25. The molecule has 1 atom stereocenters. The zero-order valence-electron chi connectivity index (χ0n) is 9.23. The van der Waals surface area contributed by atoms with Gasteiger partial charge in [0.25, 0.3) is 5.91 Å². The molecule has 0 saturated carbocycles. The Hall–Kier alpha value is -1.17. The second kappa shape index (κ2) is 5.06. The van der Waals surface area contributed by atoms with Gasteiger partial charge in [0.15, 0.2) is 0 Å². The van der Waals surface area contributed by atoms with Gasteiger partial charge in [0, 0.05) is 12.6 Å². The maximum Gasteiger partial charge on any atom is 0.285 e. The van der Waals surface area contributed by atoms with E-state index in [0.717, 1.165) is 17.8 Å². The van der Waals surface area contributed by atoms with E-state index in [2.05, 4.69) is 17.1 Å². The van der Waals surface area contributed by atoms with Gasteiger partial charge in [-0.1, -0.05) is 18.3 Å². The minimum Gasteiger partial charge on any atom is -0.374 e. The highest BCUT2D eigenvalue weighted by molar-refractivity contribution is 7.16. The summed E-state index contributed by atoms with van der Waals surface area (Å²) in [4.78, 5) is 13.7. The molecule has 0 radical (unpaired) electrons. The Morgan fingerprint density at radius 1 is 1.53 bits per heavy atom. The molecule has 0 bridgehead atoms. The second-order valence-electron chi connectivity index (χ2n) is 3.29. The molecule has 84 valence electrons. The minimum absolute atomic E-state index is 0.0824. The van der Waals surface area contributed by atoms with Crippen molar-refractivity contribution in [3.05, 3.63) is 5.01 Å². The van der Waals surface area contributed by atoms with Gasteiger partial charge in [0.1, 0.15) is 0 Å². The van der Waals surface area contributed by atoms with Gasteiger partial charge < -0.3 is 10.6 Å². The van der Waals surface area contributed by atoms with Crippen LogP contribution >= 0.6 is 11.3 Å². The molecular formula is C9H16N4OS. The number of nitrogens with zero attached hydrogens (tertiary/aromatic N) is 3. The summed E-state index contributed by atoms with van der Waals surface area (Å²) < 4.78 is 0. The highest BCUT2D eigenvalue weighted by Gasteiger charge is 2.21. The number of nitrogens with two attached hydrogens (primary N) is 1. The van der Waals surface area contributed by atoms with Crippen LogP contribution in [-0.2, 0) is 0 Å². The van der Waals surface area contributed by atoms with Crippen LogP contribution in [0, 0.1) is 0 Å². The van der Waals surface area contributed by atoms with Gasteiger partial charge in [-0.15, -0.1) is 10.2 Å². The van der Waals surface area contributed by atoms with Crippen LogP contribution in [-0.4, -0.2) is 33.6 Å². The number of hydrogen-bond donors (Lipinski definition) is 1. The summed E-state index contributed by atoms with van der Waals surface area (Å²) in [5.74, 6) is -0.0824. The van der Waals surface area contributed by atoms with E-state index < -0.39 is 0 Å². The quantitative estimate of drug-likeness (QED) is 0.845. The molecule has 0 aliphatic heterocycles. The summed E-state index contributed by atoms with van der Waals surface area (Å²) in [5.41, 5.74) is 5.44. The number of carbonyl (C=O) groups excluding carboxylic acids is 1. The number of carbonyl (C=O) groups is 1. The van der Waals surface area contributed by atoms with Gasteiger partial charge in [-0.3, -0.25) is 4.79 Å². The third kappa shape index (κ3) is 2.65. The summed E-state index contributed by atoms with van der Waals surface area (Å²) in [6.07, 6.45) is 0.924. The molecule has 5 nitrogen and oxygen atoms in total. The first-order valence-electron chi connectivity index (χ1n) is 5.00. The number of hydrogen-bond acceptors (Lipinski definition) is 5. The average Bonchev–Trinajstić information content (AvgIpc) is 2.65. The maximum absolute atomic E-state index is 12.0. The number of anilines is 1. The summed E-state index contributed by atoms with van der Waals surface area (Å²) >= 11 is 1.13. The normalized spacial score (nSPS) is 12.5. The zero-order valence-corrected chi connectivity index (χ0v) is 10.0. The monoisotopic (exact) mass is 228 g/mol. The predicted molar refractivity (Wildman–Crippen MR) is 60.8 cm³/mol. The largest absolute Gasteiger partial charge is 0.374 e. The lowest BCUT2D eigenvalue weighted by molar-refractivity contribution is 0.0698. The van der Waals surface area contributed by atoms with Crippen LogP contribution in [0.3, 0.4) is 0 Å². The van der Waals surface area contributed by atoms with E-state index >= 15 is 0 Å². The first kappa shape index (κ1) is 11.9. The molecule has 0 aromatic carbocycles. The molecule has 1 rings (SSSR count). The molecule has 2 N–H and O–H groups in total. The number of amides is 1. The van der Waals surface area contributed by atoms with Crippen molar-refractivity contribution in [3.63, 3.8) is 0 Å². The molecule has 1 amide bonds. The highest BCUT2D eigenvalue weighted by Crippen LogP contribution is 2.15. The van der Waals surface area contributed by atoms with Crippen molar-refractivity contribution in [2.75, 3.05) is 12.3 Å². The number of aromatic nitrogens is 2. The molecule has 0 spiro atoms. The fraction of sp³-hybridized carbons (Fsp3) is 0.667. The van der Waals surface area contributed by atoms with Gasteiger partial charge in [-0.05, 0) is 20.3 Å². The smallest absolute Gasteiger partial charge is 0.285 e. The van der Waals surface area contributed by atoms with Crippen molar-refractivity contribution in [3.8, 4) is 0 Å². The number of nitrogen functional groups attached to an aromatic ring is 1. The van der Waals surface area contributed by atoms with Crippen molar-refractivity contribution in [2.45, 2.75) is 33.2 Å². The molecule has 0 fully saturated rings. The van der Waals surface area contributed by atoms with E-state index in [-0.39, 0.29) is 11.9 Å². The molecule has 0 aliphatic rings. The molecule has 0 aliphatic carbocycles. The van der Waals surface area contributed by atoms with E-state index in [1.54, 1.807) is 4.90 Å². The summed E-state index contributed by atoms with van der Waals surface area (Å²) in [6, 6.07) is 0.215. The van der Waals surface area contributed by atoms with E-state index in [9.17, 15) is 4.79 Å². The van der Waals surface area contributed by atoms with Gasteiger partial charge in [-0.25, -0.2) is 0 Å². The predicted octanol–water partition coefficient (Wildman–Crippen LogP) is 1.38. The first-order valence-corrected chi connectivity index (χ1v) is 5.81. The summed E-state index contributed by atoms with van der Waals surface area (Å²) in [7, 11) is 0.